The summed E-state index contributed by atoms with van der Waals surface area (Å²) in [5, 5.41) is 7.60. The van der Waals surface area contributed by atoms with Crippen LogP contribution in [0.3, 0.4) is 0 Å². The molecule has 1 aromatic carbocycles. The van der Waals surface area contributed by atoms with E-state index < -0.39 is 0 Å². The van der Waals surface area contributed by atoms with Crippen molar-refractivity contribution in [2.75, 3.05) is 6.54 Å². The van der Waals surface area contributed by atoms with Crippen molar-refractivity contribution in [3.63, 3.8) is 0 Å². The van der Waals surface area contributed by atoms with Gasteiger partial charge in [-0.25, -0.2) is 4.98 Å². The Balaban J connectivity index is 0.00000196. The van der Waals surface area contributed by atoms with E-state index in [4.69, 9.17) is 9.26 Å². The second kappa shape index (κ2) is 8.29. The second-order valence-electron chi connectivity index (χ2n) is 6.30. The molecule has 1 aliphatic rings. The highest BCUT2D eigenvalue weighted by Crippen LogP contribution is 2.32. The van der Waals surface area contributed by atoms with Gasteiger partial charge in [-0.2, -0.15) is 4.98 Å². The molecule has 3 heterocycles. The fraction of sp³-hybridized carbons (Fsp3) is 0.316. The zero-order valence-corrected chi connectivity index (χ0v) is 15.3. The largest absolute Gasteiger partial charge is 0.438 e. The van der Waals surface area contributed by atoms with Gasteiger partial charge in [0.25, 0.3) is 0 Å². The van der Waals surface area contributed by atoms with Crippen LogP contribution in [0.4, 0.5) is 0 Å². The normalized spacial score (nSPS) is 19.6. The Kier molecular flexibility index (Phi) is 5.85. The number of pyridine rings is 1. The molecule has 0 radical (unpaired) electrons. The molecule has 0 spiro atoms. The van der Waals surface area contributed by atoms with Gasteiger partial charge in [-0.3, -0.25) is 0 Å². The Hall–Kier alpha value is -2.44. The van der Waals surface area contributed by atoms with Gasteiger partial charge in [-0.05, 0) is 50.6 Å². The lowest BCUT2D eigenvalue weighted by Gasteiger charge is -2.25. The van der Waals surface area contributed by atoms with Gasteiger partial charge in [0.15, 0.2) is 0 Å². The van der Waals surface area contributed by atoms with Crippen LogP contribution in [0.1, 0.15) is 31.6 Å². The molecule has 2 aromatic heterocycles. The number of rotatable bonds is 4. The van der Waals surface area contributed by atoms with E-state index in [1.54, 1.807) is 6.20 Å². The Bertz CT molecular complexity index is 840. The molecule has 0 saturated carbocycles. The lowest BCUT2D eigenvalue weighted by Crippen LogP contribution is -2.34. The van der Waals surface area contributed by atoms with Crippen LogP contribution in [0, 0.1) is 0 Å². The summed E-state index contributed by atoms with van der Waals surface area (Å²) in [4.78, 5) is 8.95. The zero-order chi connectivity index (χ0) is 17.1. The number of ether oxygens (including phenoxy) is 1. The van der Waals surface area contributed by atoms with E-state index in [0.29, 0.717) is 29.6 Å². The van der Waals surface area contributed by atoms with Gasteiger partial charge in [0, 0.05) is 18.2 Å². The molecule has 3 aromatic rings. The highest BCUT2D eigenvalue weighted by molar-refractivity contribution is 5.85. The molecule has 1 aliphatic heterocycles. The smallest absolute Gasteiger partial charge is 0.230 e. The monoisotopic (exact) mass is 372 g/mol. The minimum atomic E-state index is 0. The molecule has 1 fully saturated rings. The number of nitrogens with zero attached hydrogens (tertiary/aromatic N) is 3. The number of piperidine rings is 1. The fourth-order valence-electron chi connectivity index (χ4n) is 3.11. The summed E-state index contributed by atoms with van der Waals surface area (Å²) in [6.07, 6.45) is 3.70. The molecule has 136 valence electrons. The van der Waals surface area contributed by atoms with Crippen LogP contribution < -0.4 is 10.1 Å². The molecule has 26 heavy (non-hydrogen) atoms. The summed E-state index contributed by atoms with van der Waals surface area (Å²) in [7, 11) is 0. The van der Waals surface area contributed by atoms with Crippen molar-refractivity contribution in [2.45, 2.75) is 31.7 Å². The minimum Gasteiger partial charge on any atom is -0.438 e. The number of benzene rings is 1. The van der Waals surface area contributed by atoms with Crippen LogP contribution in [0.2, 0.25) is 0 Å². The quantitative estimate of drug-likeness (QED) is 0.739. The van der Waals surface area contributed by atoms with Crippen LogP contribution in [0.25, 0.3) is 11.4 Å². The van der Waals surface area contributed by atoms with Crippen LogP contribution in [-0.4, -0.2) is 27.7 Å². The number of para-hydroxylation sites is 1. The lowest BCUT2D eigenvalue weighted by atomic mass is 9.93. The minimum absolute atomic E-state index is 0. The maximum absolute atomic E-state index is 5.89. The van der Waals surface area contributed by atoms with Crippen molar-refractivity contribution in [3.05, 3.63) is 54.6 Å². The predicted molar refractivity (Wildman–Crippen MR) is 101 cm³/mol. The standard InChI is InChI=1S/C19H20N4O2.ClH/c1-13-12-14(9-11-20-13)18-22-17(23-25-18)16-8-5-10-21-19(16)24-15-6-3-2-4-7-15;/h2-8,10,13-14,20H,9,11-12H2,1H3;1H/t13-,14-;/m0./s1. The van der Waals surface area contributed by atoms with E-state index in [-0.39, 0.29) is 12.4 Å². The summed E-state index contributed by atoms with van der Waals surface area (Å²) < 4.78 is 11.4. The molecule has 0 aliphatic carbocycles. The molecule has 0 bridgehead atoms. The Morgan fingerprint density at radius 2 is 2.00 bits per heavy atom. The molecule has 1 saturated heterocycles. The predicted octanol–water partition coefficient (Wildman–Crippen LogP) is 4.20. The Labute approximate surface area is 158 Å². The molecule has 1 N–H and O–H groups in total. The number of hydrogen-bond acceptors (Lipinski definition) is 6. The van der Waals surface area contributed by atoms with Crippen LogP contribution >= 0.6 is 12.4 Å². The average molecular weight is 373 g/mol. The molecule has 0 unspecified atom stereocenters. The first-order chi connectivity index (χ1) is 12.3. The maximum Gasteiger partial charge on any atom is 0.230 e. The third-order valence-corrected chi connectivity index (χ3v) is 4.38. The molecule has 2 atom stereocenters. The fourth-order valence-corrected chi connectivity index (χ4v) is 3.11. The topological polar surface area (TPSA) is 73.1 Å². The molecule has 4 rings (SSSR count). The van der Waals surface area contributed by atoms with E-state index in [1.807, 2.05) is 42.5 Å². The van der Waals surface area contributed by atoms with Gasteiger partial charge in [-0.1, -0.05) is 23.4 Å². The Morgan fingerprint density at radius 3 is 2.81 bits per heavy atom. The van der Waals surface area contributed by atoms with E-state index in [0.717, 1.165) is 30.7 Å². The summed E-state index contributed by atoms with van der Waals surface area (Å²) in [6, 6.07) is 13.8. The number of aromatic nitrogens is 3. The molecule has 0 amide bonds. The van der Waals surface area contributed by atoms with E-state index in [1.165, 1.54) is 0 Å². The molecule has 7 heteroatoms. The van der Waals surface area contributed by atoms with Crippen LogP contribution in [0.5, 0.6) is 11.6 Å². The Morgan fingerprint density at radius 1 is 1.15 bits per heavy atom. The number of hydrogen-bond donors (Lipinski definition) is 1. The van der Waals surface area contributed by atoms with Crippen LogP contribution in [0.15, 0.2) is 53.2 Å². The molecular formula is C19H21ClN4O2. The summed E-state index contributed by atoms with van der Waals surface area (Å²) in [5.41, 5.74) is 0.725. The van der Waals surface area contributed by atoms with E-state index >= 15 is 0 Å². The first-order valence-corrected chi connectivity index (χ1v) is 8.55. The van der Waals surface area contributed by atoms with E-state index in [2.05, 4.69) is 27.4 Å². The number of nitrogens with one attached hydrogen (secondary N) is 1. The van der Waals surface area contributed by atoms with Gasteiger partial charge in [0.2, 0.25) is 17.6 Å². The molecular weight excluding hydrogens is 352 g/mol. The van der Waals surface area contributed by atoms with Gasteiger partial charge < -0.3 is 14.6 Å². The highest BCUT2D eigenvalue weighted by atomic mass is 35.5. The van der Waals surface area contributed by atoms with Crippen LogP contribution in [-0.2, 0) is 0 Å². The highest BCUT2D eigenvalue weighted by Gasteiger charge is 2.26. The van der Waals surface area contributed by atoms with Crippen molar-refractivity contribution in [1.29, 1.82) is 0 Å². The third kappa shape index (κ3) is 4.03. The maximum atomic E-state index is 5.89. The SMILES string of the molecule is C[C@H]1C[C@@H](c2nc(-c3cccnc3Oc3ccccc3)no2)CCN1.Cl. The van der Waals surface area contributed by atoms with Gasteiger partial charge in [-0.15, -0.1) is 12.4 Å². The summed E-state index contributed by atoms with van der Waals surface area (Å²) in [6.45, 7) is 3.15. The van der Waals surface area contributed by atoms with Crippen molar-refractivity contribution in [1.82, 2.24) is 20.4 Å². The van der Waals surface area contributed by atoms with Crippen molar-refractivity contribution < 1.29 is 9.26 Å². The summed E-state index contributed by atoms with van der Waals surface area (Å²) in [5.74, 6) is 2.70. The van der Waals surface area contributed by atoms with Crippen molar-refractivity contribution in [3.8, 4) is 23.0 Å². The zero-order valence-electron chi connectivity index (χ0n) is 14.5. The van der Waals surface area contributed by atoms with Gasteiger partial charge >= 0.3 is 0 Å². The lowest BCUT2D eigenvalue weighted by molar-refractivity contribution is 0.295. The number of halogens is 1. The van der Waals surface area contributed by atoms with Crippen molar-refractivity contribution >= 4 is 12.4 Å². The molecule has 6 nitrogen and oxygen atoms in total. The van der Waals surface area contributed by atoms with E-state index in [9.17, 15) is 0 Å². The second-order valence-corrected chi connectivity index (χ2v) is 6.30. The van der Waals surface area contributed by atoms with Gasteiger partial charge in [0.05, 0.1) is 5.56 Å². The first kappa shape index (κ1) is 18.4. The first-order valence-electron chi connectivity index (χ1n) is 8.55. The summed E-state index contributed by atoms with van der Waals surface area (Å²) >= 11 is 0. The third-order valence-electron chi connectivity index (χ3n) is 4.38. The average Bonchev–Trinajstić information content (AvgIpc) is 3.13. The van der Waals surface area contributed by atoms with Gasteiger partial charge in [0.1, 0.15) is 5.75 Å². The van der Waals surface area contributed by atoms with Crippen molar-refractivity contribution in [2.24, 2.45) is 0 Å².